The topological polar surface area (TPSA) is 138 Å². The van der Waals surface area contributed by atoms with Gasteiger partial charge >= 0.3 is 11.7 Å². The number of carbonyl (C=O) groups is 2. The number of hydrogen-bond donors (Lipinski definition) is 3. The van der Waals surface area contributed by atoms with Crippen LogP contribution in [0.2, 0.25) is 0 Å². The second kappa shape index (κ2) is 5.52. The molecule has 0 saturated carbocycles. The third-order valence-electron chi connectivity index (χ3n) is 3.43. The van der Waals surface area contributed by atoms with Gasteiger partial charge in [0.2, 0.25) is 5.91 Å². The Balaban J connectivity index is 2.22. The lowest BCUT2D eigenvalue weighted by Gasteiger charge is -2.21. The number of nitrogens with zero attached hydrogens (tertiary/aromatic N) is 2. The number of likely N-dealkylation sites (tertiary alicyclic amines) is 1. The zero-order valence-corrected chi connectivity index (χ0v) is 11.4. The molecule has 9 nitrogen and oxygen atoms in total. The number of carbonyl (C=O) groups excluding carboxylic acids is 1. The lowest BCUT2D eigenvalue weighted by atomic mass is 10.2. The van der Waals surface area contributed by atoms with Crippen molar-refractivity contribution >= 4 is 11.9 Å². The molecule has 2 heterocycles. The molecule has 1 aliphatic rings. The van der Waals surface area contributed by atoms with Gasteiger partial charge < -0.3 is 15.7 Å². The third kappa shape index (κ3) is 3.02. The maximum atomic E-state index is 12.2. The summed E-state index contributed by atoms with van der Waals surface area (Å²) in [6.07, 6.45) is 1.45. The Kier molecular flexibility index (Phi) is 3.94. The molecule has 1 aliphatic heterocycles. The minimum absolute atomic E-state index is 0.132. The van der Waals surface area contributed by atoms with E-state index in [1.807, 2.05) is 0 Å². The fraction of sp³-hybridized carbons (Fsp3) is 0.500. The van der Waals surface area contributed by atoms with Crippen molar-refractivity contribution in [1.82, 2.24) is 14.5 Å². The number of carboxylic acids is 1. The van der Waals surface area contributed by atoms with E-state index < -0.39 is 35.2 Å². The molecule has 9 heteroatoms. The zero-order chi connectivity index (χ0) is 15.7. The van der Waals surface area contributed by atoms with Gasteiger partial charge in [-0.2, -0.15) is 0 Å². The van der Waals surface area contributed by atoms with E-state index in [0.717, 1.165) is 9.47 Å². The molecule has 0 spiro atoms. The van der Waals surface area contributed by atoms with Gasteiger partial charge in [-0.05, 0) is 13.3 Å². The van der Waals surface area contributed by atoms with Crippen molar-refractivity contribution in [2.45, 2.75) is 32.0 Å². The number of H-pyrrole nitrogens is 1. The Bertz CT molecular complexity index is 692. The first kappa shape index (κ1) is 15.0. The second-order valence-corrected chi connectivity index (χ2v) is 5.10. The Labute approximate surface area is 119 Å². The van der Waals surface area contributed by atoms with Crippen molar-refractivity contribution in [3.8, 4) is 0 Å². The van der Waals surface area contributed by atoms with Crippen LogP contribution in [0.25, 0.3) is 0 Å². The van der Waals surface area contributed by atoms with Crippen molar-refractivity contribution < 1.29 is 14.7 Å². The van der Waals surface area contributed by atoms with Crippen molar-refractivity contribution in [1.29, 1.82) is 0 Å². The number of aliphatic carboxylic acids is 1. The van der Waals surface area contributed by atoms with E-state index in [2.05, 4.69) is 4.98 Å². The predicted molar refractivity (Wildman–Crippen MR) is 71.8 cm³/mol. The van der Waals surface area contributed by atoms with Crippen LogP contribution in [0.3, 0.4) is 0 Å². The summed E-state index contributed by atoms with van der Waals surface area (Å²) in [7, 11) is 0. The Morgan fingerprint density at radius 1 is 1.48 bits per heavy atom. The summed E-state index contributed by atoms with van der Waals surface area (Å²) < 4.78 is 1.04. The van der Waals surface area contributed by atoms with Crippen LogP contribution in [0.5, 0.6) is 0 Å². The predicted octanol–water partition coefficient (Wildman–Crippen LogP) is -2.14. The summed E-state index contributed by atoms with van der Waals surface area (Å²) in [6, 6.07) is -1.38. The maximum absolute atomic E-state index is 12.2. The monoisotopic (exact) mass is 296 g/mol. The van der Waals surface area contributed by atoms with Gasteiger partial charge in [-0.3, -0.25) is 19.1 Å². The third-order valence-corrected chi connectivity index (χ3v) is 3.43. The van der Waals surface area contributed by atoms with Crippen LogP contribution in [0.1, 0.15) is 12.0 Å². The van der Waals surface area contributed by atoms with Crippen LogP contribution in [0, 0.1) is 6.92 Å². The average molecular weight is 296 g/mol. The van der Waals surface area contributed by atoms with Gasteiger partial charge in [-0.1, -0.05) is 0 Å². The molecule has 2 atom stereocenters. The number of rotatable bonds is 3. The highest BCUT2D eigenvalue weighted by molar-refractivity contribution is 5.84. The van der Waals surface area contributed by atoms with Crippen molar-refractivity contribution in [3.05, 3.63) is 32.6 Å². The second-order valence-electron chi connectivity index (χ2n) is 5.10. The number of carboxylic acid groups (broad SMARTS) is 1. The van der Waals surface area contributed by atoms with Gasteiger partial charge in [0.25, 0.3) is 5.56 Å². The Morgan fingerprint density at radius 2 is 2.14 bits per heavy atom. The van der Waals surface area contributed by atoms with E-state index in [-0.39, 0.29) is 25.1 Å². The molecule has 1 fully saturated rings. The van der Waals surface area contributed by atoms with Gasteiger partial charge in [-0.15, -0.1) is 0 Å². The first-order chi connectivity index (χ1) is 9.79. The summed E-state index contributed by atoms with van der Waals surface area (Å²) in [5.74, 6) is -1.65. The molecule has 1 aromatic heterocycles. The highest BCUT2D eigenvalue weighted by Gasteiger charge is 2.38. The van der Waals surface area contributed by atoms with E-state index in [1.165, 1.54) is 13.1 Å². The normalized spacial score (nSPS) is 21.5. The van der Waals surface area contributed by atoms with Crippen LogP contribution in [0.4, 0.5) is 0 Å². The molecule has 1 saturated heterocycles. The van der Waals surface area contributed by atoms with E-state index >= 15 is 0 Å². The highest BCUT2D eigenvalue weighted by Crippen LogP contribution is 2.17. The molecule has 114 valence electrons. The van der Waals surface area contributed by atoms with Gasteiger partial charge in [-0.25, -0.2) is 9.59 Å². The van der Waals surface area contributed by atoms with Gasteiger partial charge in [0.05, 0.1) is 0 Å². The van der Waals surface area contributed by atoms with Crippen molar-refractivity contribution in [2.75, 3.05) is 6.54 Å². The van der Waals surface area contributed by atoms with Crippen LogP contribution >= 0.6 is 0 Å². The Hall–Kier alpha value is -2.42. The average Bonchev–Trinajstić information content (AvgIpc) is 2.78. The molecule has 1 aromatic rings. The van der Waals surface area contributed by atoms with Gasteiger partial charge in [0.1, 0.15) is 12.6 Å². The molecule has 0 bridgehead atoms. The molecule has 0 aliphatic carbocycles. The largest absolute Gasteiger partial charge is 0.480 e. The summed E-state index contributed by atoms with van der Waals surface area (Å²) in [5.41, 5.74) is 4.74. The SMILES string of the molecule is Cc1cn(CC(=O)N2CC(N)C[C@@H]2C(=O)O)c(=O)[nH]c1=O. The van der Waals surface area contributed by atoms with E-state index in [4.69, 9.17) is 10.8 Å². The summed E-state index contributed by atoms with van der Waals surface area (Å²) >= 11 is 0. The lowest BCUT2D eigenvalue weighted by molar-refractivity contribution is -0.148. The van der Waals surface area contributed by atoms with Crippen LogP contribution in [0.15, 0.2) is 15.8 Å². The molecule has 0 radical (unpaired) electrons. The fourth-order valence-electron chi connectivity index (χ4n) is 2.35. The molecule has 1 amide bonds. The van der Waals surface area contributed by atoms with Gasteiger partial charge in [0.15, 0.2) is 0 Å². The minimum atomic E-state index is -1.12. The first-order valence-corrected chi connectivity index (χ1v) is 6.38. The maximum Gasteiger partial charge on any atom is 0.328 e. The summed E-state index contributed by atoms with van der Waals surface area (Å²) in [5, 5.41) is 9.09. The number of amides is 1. The summed E-state index contributed by atoms with van der Waals surface area (Å²) in [4.78, 5) is 49.4. The summed E-state index contributed by atoms with van der Waals surface area (Å²) in [6.45, 7) is 1.30. The van der Waals surface area contributed by atoms with Crippen LogP contribution < -0.4 is 17.0 Å². The molecule has 2 rings (SSSR count). The molecule has 0 aromatic carbocycles. The minimum Gasteiger partial charge on any atom is -0.480 e. The number of nitrogens with two attached hydrogens (primary N) is 1. The fourth-order valence-corrected chi connectivity index (χ4v) is 2.35. The van der Waals surface area contributed by atoms with Crippen LogP contribution in [-0.4, -0.2) is 50.1 Å². The highest BCUT2D eigenvalue weighted by atomic mass is 16.4. The van der Waals surface area contributed by atoms with E-state index in [1.54, 1.807) is 0 Å². The van der Waals surface area contributed by atoms with E-state index in [9.17, 15) is 19.2 Å². The van der Waals surface area contributed by atoms with E-state index in [0.29, 0.717) is 0 Å². The smallest absolute Gasteiger partial charge is 0.328 e. The molecule has 21 heavy (non-hydrogen) atoms. The first-order valence-electron chi connectivity index (χ1n) is 6.38. The van der Waals surface area contributed by atoms with Crippen molar-refractivity contribution in [2.24, 2.45) is 5.73 Å². The standard InChI is InChI=1S/C12H16N4O5/c1-6-3-15(12(21)14-10(6)18)5-9(17)16-4-7(13)2-8(16)11(19)20/h3,7-8H,2,4-5,13H2,1H3,(H,19,20)(H,14,18,21)/t7?,8-/m1/s1. The molecule has 1 unspecified atom stereocenters. The lowest BCUT2D eigenvalue weighted by Crippen LogP contribution is -2.44. The zero-order valence-electron chi connectivity index (χ0n) is 11.4. The number of aromatic nitrogens is 2. The van der Waals surface area contributed by atoms with Crippen LogP contribution in [-0.2, 0) is 16.1 Å². The number of nitrogens with one attached hydrogen (secondary N) is 1. The number of aryl methyl sites for hydroxylation is 1. The number of aromatic amines is 1. The van der Waals surface area contributed by atoms with Gasteiger partial charge in [0, 0.05) is 24.3 Å². The molecular weight excluding hydrogens is 280 g/mol. The number of hydrogen-bond acceptors (Lipinski definition) is 5. The quantitative estimate of drug-likeness (QED) is 0.581. The van der Waals surface area contributed by atoms with Crippen molar-refractivity contribution in [3.63, 3.8) is 0 Å². The molecular formula is C12H16N4O5. The Morgan fingerprint density at radius 3 is 2.76 bits per heavy atom. The molecule has 4 N–H and O–H groups in total.